The van der Waals surface area contributed by atoms with Crippen molar-refractivity contribution in [1.82, 2.24) is 0 Å². The Morgan fingerprint density at radius 3 is 2.24 bits per heavy atom. The average Bonchev–Trinajstić information content (AvgIpc) is 2.91. The fraction of sp³-hybridized carbons (Fsp3) is 0.784. The minimum absolute atomic E-state index is 0.0358. The zero-order valence-electron chi connectivity index (χ0n) is 26.7. The molecule has 5 aliphatic carbocycles. The number of aliphatic hydroxyl groups excluding tert-OH is 1. The number of benzene rings is 1. The van der Waals surface area contributed by atoms with Crippen molar-refractivity contribution in [3.05, 3.63) is 35.9 Å². The number of carbonyl (C=O) groups is 2. The molecule has 1 aromatic rings. The molecule has 0 amide bonds. The van der Waals surface area contributed by atoms with Crippen molar-refractivity contribution in [2.24, 2.45) is 56.2 Å². The molecule has 0 heterocycles. The van der Waals surface area contributed by atoms with Crippen molar-refractivity contribution >= 4 is 11.8 Å². The molecule has 0 spiro atoms. The molecule has 6 rings (SSSR count). The molecule has 1 aromatic carbocycles. The van der Waals surface area contributed by atoms with Crippen molar-refractivity contribution in [3.8, 4) is 0 Å². The van der Waals surface area contributed by atoms with Crippen molar-refractivity contribution in [3.63, 3.8) is 0 Å². The Kier molecular flexibility index (Phi) is 6.74. The monoisotopic (exact) mass is 562 g/mol. The zero-order valence-corrected chi connectivity index (χ0v) is 26.7. The summed E-state index contributed by atoms with van der Waals surface area (Å²) in [5.41, 5.74) is 0.378. The van der Waals surface area contributed by atoms with Crippen molar-refractivity contribution in [2.75, 3.05) is 0 Å². The average molecular weight is 563 g/mol. The van der Waals surface area contributed by atoms with Crippen molar-refractivity contribution in [1.29, 1.82) is 0 Å². The van der Waals surface area contributed by atoms with Crippen LogP contribution in [0, 0.1) is 56.2 Å². The fourth-order valence-electron chi connectivity index (χ4n) is 11.9. The van der Waals surface area contributed by atoms with E-state index in [4.69, 9.17) is 4.74 Å². The van der Waals surface area contributed by atoms with Gasteiger partial charge < -0.3 is 9.84 Å². The maximum atomic E-state index is 14.7. The molecule has 4 nitrogen and oxygen atoms in total. The first kappa shape index (κ1) is 29.4. The summed E-state index contributed by atoms with van der Waals surface area (Å²) in [6, 6.07) is 9.98. The fourth-order valence-corrected chi connectivity index (χ4v) is 11.9. The lowest BCUT2D eigenvalue weighted by molar-refractivity contribution is -0.247. The number of hydrogen-bond donors (Lipinski definition) is 1. The molecule has 5 aliphatic rings. The van der Waals surface area contributed by atoms with E-state index >= 15 is 0 Å². The van der Waals surface area contributed by atoms with Crippen LogP contribution in [0.15, 0.2) is 30.3 Å². The Labute approximate surface area is 248 Å². The number of esters is 1. The summed E-state index contributed by atoms with van der Waals surface area (Å²) >= 11 is 0. The Hall–Kier alpha value is -1.68. The Morgan fingerprint density at radius 1 is 0.854 bits per heavy atom. The maximum absolute atomic E-state index is 14.7. The smallest absolute Gasteiger partial charge is 0.312 e. The van der Waals surface area contributed by atoms with Gasteiger partial charge in [-0.2, -0.15) is 0 Å². The molecule has 1 N–H and O–H groups in total. The highest BCUT2D eigenvalue weighted by molar-refractivity contribution is 5.87. The van der Waals surface area contributed by atoms with Crippen LogP contribution < -0.4 is 0 Å². The summed E-state index contributed by atoms with van der Waals surface area (Å²) in [5.74, 6) is 1.03. The van der Waals surface area contributed by atoms with Gasteiger partial charge in [-0.25, -0.2) is 0 Å². The number of ether oxygens (including phenoxy) is 1. The lowest BCUT2D eigenvalue weighted by atomic mass is 9.31. The third-order valence-corrected chi connectivity index (χ3v) is 14.6. The molecule has 4 heteroatoms. The second-order valence-corrected chi connectivity index (χ2v) is 17.2. The summed E-state index contributed by atoms with van der Waals surface area (Å²) in [4.78, 5) is 28.9. The van der Waals surface area contributed by atoms with Gasteiger partial charge in [-0.05, 0) is 108 Å². The third kappa shape index (κ3) is 4.08. The van der Waals surface area contributed by atoms with Crippen LogP contribution in [0.5, 0.6) is 0 Å². The van der Waals surface area contributed by atoms with Crippen LogP contribution in [0.3, 0.4) is 0 Å². The van der Waals surface area contributed by atoms with Crippen molar-refractivity contribution < 1.29 is 19.4 Å². The van der Waals surface area contributed by atoms with Gasteiger partial charge in [0.1, 0.15) is 12.4 Å². The highest BCUT2D eigenvalue weighted by Crippen LogP contribution is 2.76. The van der Waals surface area contributed by atoms with Gasteiger partial charge in [-0.3, -0.25) is 9.59 Å². The van der Waals surface area contributed by atoms with E-state index in [9.17, 15) is 14.7 Å². The van der Waals surface area contributed by atoms with Crippen LogP contribution in [0.4, 0.5) is 0 Å². The van der Waals surface area contributed by atoms with Gasteiger partial charge in [0.15, 0.2) is 0 Å². The van der Waals surface area contributed by atoms with Crippen LogP contribution in [-0.4, -0.2) is 23.0 Å². The normalized spacial score (nSPS) is 46.3. The molecule has 0 saturated heterocycles. The van der Waals surface area contributed by atoms with E-state index in [1.54, 1.807) is 0 Å². The van der Waals surface area contributed by atoms with Crippen LogP contribution in [0.1, 0.15) is 118 Å². The van der Waals surface area contributed by atoms with E-state index in [0.717, 1.165) is 63.4 Å². The molecular weight excluding hydrogens is 508 g/mol. The predicted molar refractivity (Wildman–Crippen MR) is 162 cm³/mol. The van der Waals surface area contributed by atoms with E-state index < -0.39 is 5.41 Å². The quantitative estimate of drug-likeness (QED) is 0.378. The number of Topliss-reactive ketones (excluding diaryl/α,β-unsaturated/α-hetero) is 1. The van der Waals surface area contributed by atoms with Gasteiger partial charge in [0, 0.05) is 12.3 Å². The number of aliphatic hydroxyl groups is 1. The SMILES string of the molecule is CC1(C)CC[C@]2(C(=O)OCc3ccccc3)CC[C@]3(C)[C@H](C(=O)C[C@@H]4[C@@]5(C)CC[C@H](O)C(C)(C)[C@@H]5CC[C@]43C)[C@@H]2C1. The molecule has 226 valence electrons. The second kappa shape index (κ2) is 9.41. The largest absolute Gasteiger partial charge is 0.460 e. The van der Waals surface area contributed by atoms with Gasteiger partial charge in [-0.15, -0.1) is 0 Å². The molecule has 0 unspecified atom stereocenters. The first-order valence-electron chi connectivity index (χ1n) is 16.5. The first-order valence-corrected chi connectivity index (χ1v) is 16.5. The van der Waals surface area contributed by atoms with Gasteiger partial charge in [-0.1, -0.05) is 78.8 Å². The van der Waals surface area contributed by atoms with Gasteiger partial charge >= 0.3 is 5.97 Å². The number of rotatable bonds is 3. The topological polar surface area (TPSA) is 63.6 Å². The van der Waals surface area contributed by atoms with E-state index in [-0.39, 0.29) is 51.0 Å². The summed E-state index contributed by atoms with van der Waals surface area (Å²) < 4.78 is 6.12. The first-order chi connectivity index (χ1) is 19.1. The minimum Gasteiger partial charge on any atom is -0.460 e. The summed E-state index contributed by atoms with van der Waals surface area (Å²) in [5, 5.41) is 11.0. The molecule has 5 saturated carbocycles. The van der Waals surface area contributed by atoms with E-state index in [2.05, 4.69) is 48.5 Å². The van der Waals surface area contributed by atoms with Gasteiger partial charge in [0.05, 0.1) is 11.5 Å². The third-order valence-electron chi connectivity index (χ3n) is 14.6. The molecule has 41 heavy (non-hydrogen) atoms. The number of fused-ring (bicyclic) bond motifs is 7. The molecule has 0 aliphatic heterocycles. The number of hydrogen-bond acceptors (Lipinski definition) is 4. The lowest BCUT2D eigenvalue weighted by Crippen LogP contribution is -2.69. The molecule has 5 fully saturated rings. The maximum Gasteiger partial charge on any atom is 0.312 e. The zero-order chi connectivity index (χ0) is 29.6. The molecule has 0 bridgehead atoms. The number of carbonyl (C=O) groups excluding carboxylic acids is 2. The molecular formula is C37H54O4. The Bertz CT molecular complexity index is 1200. The Balaban J connectivity index is 1.36. The van der Waals surface area contributed by atoms with Crippen molar-refractivity contribution in [2.45, 2.75) is 125 Å². The molecule has 9 atom stereocenters. The predicted octanol–water partition coefficient (Wildman–Crippen LogP) is 8.15. The standard InChI is InChI=1S/C37H54O4/c1-32(2)17-19-37(31(40)41-23-24-11-9-8-10-12-24)20-18-36(7)30(25(37)22-32)26(38)21-28-34(5)15-14-29(39)33(3,4)27(34)13-16-35(28,36)6/h8-12,25,27-30,39H,13-23H2,1-7H3/t25-,27-,28+,29-,30-,34-,35+,36+,37-/m0/s1. The van der Waals surface area contributed by atoms with E-state index in [1.165, 1.54) is 0 Å². The van der Waals surface area contributed by atoms with Crippen LogP contribution in [0.25, 0.3) is 0 Å². The van der Waals surface area contributed by atoms with Crippen LogP contribution >= 0.6 is 0 Å². The minimum atomic E-state index is -0.564. The Morgan fingerprint density at radius 2 is 1.54 bits per heavy atom. The van der Waals surface area contributed by atoms with Gasteiger partial charge in [0.25, 0.3) is 0 Å². The highest BCUT2D eigenvalue weighted by atomic mass is 16.5. The van der Waals surface area contributed by atoms with E-state index in [0.29, 0.717) is 30.6 Å². The highest BCUT2D eigenvalue weighted by Gasteiger charge is 2.73. The lowest BCUT2D eigenvalue weighted by Gasteiger charge is -2.72. The van der Waals surface area contributed by atoms with Gasteiger partial charge in [0.2, 0.25) is 0 Å². The molecule has 0 radical (unpaired) electrons. The summed E-state index contributed by atoms with van der Waals surface area (Å²) in [6.07, 6.45) is 8.89. The van der Waals surface area contributed by atoms with Crippen LogP contribution in [-0.2, 0) is 20.9 Å². The second-order valence-electron chi connectivity index (χ2n) is 17.2. The summed E-state index contributed by atoms with van der Waals surface area (Å²) in [6.45, 7) is 16.9. The van der Waals surface area contributed by atoms with E-state index in [1.807, 2.05) is 30.3 Å². The molecule has 0 aromatic heterocycles. The van der Waals surface area contributed by atoms with Crippen LogP contribution in [0.2, 0.25) is 0 Å². The summed E-state index contributed by atoms with van der Waals surface area (Å²) in [7, 11) is 0. The number of ketones is 1.